The lowest BCUT2D eigenvalue weighted by Crippen LogP contribution is -2.07. The van der Waals surface area contributed by atoms with E-state index >= 15 is 0 Å². The highest BCUT2D eigenvalue weighted by molar-refractivity contribution is 5.46. The SMILES string of the molecule is Cc1nc2cc(C(F)(F)F)ccn2c1CN. The third-order valence-electron chi connectivity index (χ3n) is 2.45. The van der Waals surface area contributed by atoms with Crippen molar-refractivity contribution in [3.8, 4) is 0 Å². The Bertz CT molecular complexity index is 528. The predicted octanol–water partition coefficient (Wildman–Crippen LogP) is 2.12. The van der Waals surface area contributed by atoms with E-state index in [4.69, 9.17) is 5.73 Å². The van der Waals surface area contributed by atoms with Crippen LogP contribution in [-0.2, 0) is 12.7 Å². The molecule has 0 saturated carbocycles. The second-order valence-electron chi connectivity index (χ2n) is 3.49. The van der Waals surface area contributed by atoms with Crippen molar-refractivity contribution in [1.82, 2.24) is 9.38 Å². The van der Waals surface area contributed by atoms with Crippen LogP contribution in [0.4, 0.5) is 13.2 Å². The van der Waals surface area contributed by atoms with Crippen LogP contribution >= 0.6 is 0 Å². The monoisotopic (exact) mass is 229 g/mol. The summed E-state index contributed by atoms with van der Waals surface area (Å²) in [5.41, 5.74) is 6.45. The second kappa shape index (κ2) is 3.48. The van der Waals surface area contributed by atoms with E-state index in [1.807, 2.05) is 0 Å². The Balaban J connectivity index is 2.65. The van der Waals surface area contributed by atoms with Gasteiger partial charge in [-0.1, -0.05) is 0 Å². The first-order valence-electron chi connectivity index (χ1n) is 4.68. The first-order valence-corrected chi connectivity index (χ1v) is 4.68. The second-order valence-corrected chi connectivity index (χ2v) is 3.49. The number of pyridine rings is 1. The van der Waals surface area contributed by atoms with Gasteiger partial charge in [-0.05, 0) is 19.1 Å². The Morgan fingerprint density at radius 2 is 2.12 bits per heavy atom. The molecule has 0 bridgehead atoms. The largest absolute Gasteiger partial charge is 0.416 e. The standard InChI is InChI=1S/C10H10F3N3/c1-6-8(5-14)16-3-2-7(10(11,12)13)4-9(16)15-6/h2-4H,5,14H2,1H3. The van der Waals surface area contributed by atoms with Crippen molar-refractivity contribution in [2.75, 3.05) is 0 Å². The molecule has 2 heterocycles. The van der Waals surface area contributed by atoms with Crippen molar-refractivity contribution in [3.05, 3.63) is 35.3 Å². The number of hydrogen-bond acceptors (Lipinski definition) is 2. The lowest BCUT2D eigenvalue weighted by molar-refractivity contribution is -0.137. The molecular weight excluding hydrogens is 219 g/mol. The lowest BCUT2D eigenvalue weighted by Gasteiger charge is -2.06. The van der Waals surface area contributed by atoms with Gasteiger partial charge in [0, 0.05) is 12.7 Å². The number of nitrogens with two attached hydrogens (primary N) is 1. The maximum absolute atomic E-state index is 12.4. The number of aryl methyl sites for hydroxylation is 1. The molecule has 0 amide bonds. The van der Waals surface area contributed by atoms with Gasteiger partial charge < -0.3 is 10.1 Å². The molecule has 2 rings (SSSR count). The molecule has 86 valence electrons. The average molecular weight is 229 g/mol. The Kier molecular flexibility index (Phi) is 2.38. The molecule has 0 aliphatic heterocycles. The summed E-state index contributed by atoms with van der Waals surface area (Å²) in [4.78, 5) is 4.04. The quantitative estimate of drug-likeness (QED) is 0.813. The van der Waals surface area contributed by atoms with E-state index in [0.717, 1.165) is 17.8 Å². The van der Waals surface area contributed by atoms with Crippen LogP contribution in [0.2, 0.25) is 0 Å². The van der Waals surface area contributed by atoms with Crippen LogP contribution in [0.25, 0.3) is 5.65 Å². The Labute approximate surface area is 89.7 Å². The normalized spacial score (nSPS) is 12.3. The van der Waals surface area contributed by atoms with Crippen LogP contribution in [0, 0.1) is 6.92 Å². The fourth-order valence-electron chi connectivity index (χ4n) is 1.64. The molecule has 6 heteroatoms. The van der Waals surface area contributed by atoms with Gasteiger partial charge in [-0.2, -0.15) is 13.2 Å². The predicted molar refractivity (Wildman–Crippen MR) is 52.8 cm³/mol. The van der Waals surface area contributed by atoms with Crippen LogP contribution in [0.15, 0.2) is 18.3 Å². The summed E-state index contributed by atoms with van der Waals surface area (Å²) in [7, 11) is 0. The molecule has 2 aromatic rings. The number of hydrogen-bond donors (Lipinski definition) is 1. The van der Waals surface area contributed by atoms with Crippen LogP contribution < -0.4 is 5.73 Å². The summed E-state index contributed by atoms with van der Waals surface area (Å²) in [5, 5.41) is 0. The van der Waals surface area contributed by atoms with Crippen molar-refractivity contribution in [2.24, 2.45) is 5.73 Å². The fourth-order valence-corrected chi connectivity index (χ4v) is 1.64. The number of halogens is 3. The molecule has 0 aromatic carbocycles. The van der Waals surface area contributed by atoms with Crippen molar-refractivity contribution in [1.29, 1.82) is 0 Å². The van der Waals surface area contributed by atoms with Crippen molar-refractivity contribution in [3.63, 3.8) is 0 Å². The van der Waals surface area contributed by atoms with Gasteiger partial charge in [0.1, 0.15) is 5.65 Å². The van der Waals surface area contributed by atoms with E-state index in [9.17, 15) is 13.2 Å². The molecule has 0 aliphatic rings. The summed E-state index contributed by atoms with van der Waals surface area (Å²) in [6.07, 6.45) is -3.00. The molecule has 0 spiro atoms. The average Bonchev–Trinajstić information content (AvgIpc) is 2.50. The van der Waals surface area contributed by atoms with Crippen molar-refractivity contribution in [2.45, 2.75) is 19.6 Å². The van der Waals surface area contributed by atoms with Crippen molar-refractivity contribution < 1.29 is 13.2 Å². The smallest absolute Gasteiger partial charge is 0.325 e. The van der Waals surface area contributed by atoms with E-state index in [1.54, 1.807) is 11.3 Å². The Morgan fingerprint density at radius 3 is 2.69 bits per heavy atom. The zero-order valence-corrected chi connectivity index (χ0v) is 8.54. The van der Waals surface area contributed by atoms with E-state index in [-0.39, 0.29) is 12.2 Å². The summed E-state index contributed by atoms with van der Waals surface area (Å²) < 4.78 is 38.9. The highest BCUT2D eigenvalue weighted by Crippen LogP contribution is 2.30. The first-order chi connectivity index (χ1) is 7.43. The van der Waals surface area contributed by atoms with Crippen LogP contribution in [0.3, 0.4) is 0 Å². The Morgan fingerprint density at radius 1 is 1.44 bits per heavy atom. The van der Waals surface area contributed by atoms with Gasteiger partial charge >= 0.3 is 6.18 Å². The van der Waals surface area contributed by atoms with Gasteiger partial charge in [-0.25, -0.2) is 4.98 Å². The molecule has 3 nitrogen and oxygen atoms in total. The number of aromatic nitrogens is 2. The third kappa shape index (κ3) is 1.65. The van der Waals surface area contributed by atoms with Gasteiger partial charge in [0.25, 0.3) is 0 Å². The lowest BCUT2D eigenvalue weighted by atomic mass is 10.2. The van der Waals surface area contributed by atoms with E-state index < -0.39 is 11.7 Å². The number of alkyl halides is 3. The van der Waals surface area contributed by atoms with Crippen LogP contribution in [0.5, 0.6) is 0 Å². The van der Waals surface area contributed by atoms with Gasteiger partial charge in [-0.3, -0.25) is 0 Å². The minimum absolute atomic E-state index is 0.248. The molecule has 0 fully saturated rings. The minimum Gasteiger partial charge on any atom is -0.325 e. The number of fused-ring (bicyclic) bond motifs is 1. The zero-order valence-electron chi connectivity index (χ0n) is 8.54. The molecule has 0 atom stereocenters. The highest BCUT2D eigenvalue weighted by Gasteiger charge is 2.30. The summed E-state index contributed by atoms with van der Waals surface area (Å²) >= 11 is 0. The van der Waals surface area contributed by atoms with E-state index in [1.165, 1.54) is 6.20 Å². The number of nitrogens with zero attached hydrogens (tertiary/aromatic N) is 2. The molecular formula is C10H10F3N3. The minimum atomic E-state index is -4.34. The van der Waals surface area contributed by atoms with E-state index in [0.29, 0.717) is 5.69 Å². The molecule has 0 aliphatic carbocycles. The molecule has 0 radical (unpaired) electrons. The maximum Gasteiger partial charge on any atom is 0.416 e. The van der Waals surface area contributed by atoms with Gasteiger partial charge in [0.15, 0.2) is 0 Å². The molecule has 0 unspecified atom stereocenters. The van der Waals surface area contributed by atoms with E-state index in [2.05, 4.69) is 4.98 Å². The van der Waals surface area contributed by atoms with Crippen LogP contribution in [0.1, 0.15) is 17.0 Å². The summed E-state index contributed by atoms with van der Waals surface area (Å²) in [6, 6.07) is 2.04. The Hall–Kier alpha value is -1.56. The van der Waals surface area contributed by atoms with Crippen LogP contribution in [-0.4, -0.2) is 9.38 Å². The zero-order chi connectivity index (χ0) is 11.9. The number of rotatable bonds is 1. The van der Waals surface area contributed by atoms with Gasteiger partial charge in [0.2, 0.25) is 0 Å². The molecule has 0 saturated heterocycles. The first kappa shape index (κ1) is 10.9. The summed E-state index contributed by atoms with van der Waals surface area (Å²) in [6.45, 7) is 1.97. The van der Waals surface area contributed by atoms with Gasteiger partial charge in [-0.15, -0.1) is 0 Å². The van der Waals surface area contributed by atoms with Gasteiger partial charge in [0.05, 0.1) is 17.0 Å². The topological polar surface area (TPSA) is 43.3 Å². The van der Waals surface area contributed by atoms with Crippen molar-refractivity contribution >= 4 is 5.65 Å². The molecule has 2 N–H and O–H groups in total. The number of imidazole rings is 1. The fraction of sp³-hybridized carbons (Fsp3) is 0.300. The third-order valence-corrected chi connectivity index (χ3v) is 2.45. The summed E-state index contributed by atoms with van der Waals surface area (Å²) in [5.74, 6) is 0. The molecule has 16 heavy (non-hydrogen) atoms. The highest BCUT2D eigenvalue weighted by atomic mass is 19.4. The maximum atomic E-state index is 12.4. The molecule has 2 aromatic heterocycles.